The van der Waals surface area contributed by atoms with Gasteiger partial charge in [0.05, 0.1) is 12.2 Å². The van der Waals surface area contributed by atoms with Gasteiger partial charge in [-0.1, -0.05) is 20.8 Å². The normalized spacial score (nSPS) is 66.0. The predicted octanol–water partition coefficient (Wildman–Crippen LogP) is 4.16. The lowest BCUT2D eigenvalue weighted by Crippen LogP contribution is -2.58. The summed E-state index contributed by atoms with van der Waals surface area (Å²) < 4.78 is 6.38. The van der Waals surface area contributed by atoms with E-state index in [1.54, 1.807) is 0 Å². The molecule has 4 aliphatic carbocycles. The van der Waals surface area contributed by atoms with E-state index < -0.39 is 0 Å². The molecule has 0 amide bonds. The average molecular weight is 304 g/mol. The van der Waals surface area contributed by atoms with E-state index in [0.29, 0.717) is 16.9 Å². The van der Waals surface area contributed by atoms with Crippen LogP contribution in [0.4, 0.5) is 0 Å². The molecular formula is C20H32O2. The molecule has 1 N–H and O–H groups in total. The molecular weight excluding hydrogens is 272 g/mol. The molecule has 22 heavy (non-hydrogen) atoms. The van der Waals surface area contributed by atoms with Gasteiger partial charge in [0.1, 0.15) is 5.60 Å². The number of hydrogen-bond acceptors (Lipinski definition) is 2. The molecule has 2 nitrogen and oxygen atoms in total. The second kappa shape index (κ2) is 4.11. The largest absolute Gasteiger partial charge is 0.393 e. The van der Waals surface area contributed by atoms with Crippen LogP contribution < -0.4 is 0 Å². The first-order valence-electron chi connectivity index (χ1n) is 9.77. The van der Waals surface area contributed by atoms with Gasteiger partial charge in [0, 0.05) is 11.8 Å². The van der Waals surface area contributed by atoms with Gasteiger partial charge in [0.2, 0.25) is 0 Å². The number of hydrogen-bond donors (Lipinski definition) is 1. The molecule has 5 rings (SSSR count). The van der Waals surface area contributed by atoms with Crippen molar-refractivity contribution in [3.05, 3.63) is 0 Å². The van der Waals surface area contributed by atoms with Crippen molar-refractivity contribution in [3.63, 3.8) is 0 Å². The van der Waals surface area contributed by atoms with Crippen LogP contribution in [0.15, 0.2) is 0 Å². The molecule has 4 saturated carbocycles. The Bertz CT molecular complexity index is 504. The Morgan fingerprint density at radius 3 is 2.64 bits per heavy atom. The minimum atomic E-state index is -0.116. The van der Waals surface area contributed by atoms with Gasteiger partial charge in [0.25, 0.3) is 0 Å². The van der Waals surface area contributed by atoms with Gasteiger partial charge in [-0.2, -0.15) is 0 Å². The zero-order chi connectivity index (χ0) is 15.3. The summed E-state index contributed by atoms with van der Waals surface area (Å²) in [6.45, 7) is 7.62. The second-order valence-corrected chi connectivity index (χ2v) is 9.95. The molecule has 124 valence electrons. The third kappa shape index (κ3) is 1.46. The molecule has 0 bridgehead atoms. The van der Waals surface area contributed by atoms with E-state index in [-0.39, 0.29) is 11.7 Å². The van der Waals surface area contributed by atoms with Crippen LogP contribution in [-0.2, 0) is 4.74 Å². The SMILES string of the molecule is C[C@H]1CC[C@@H]2C3CC4O[C@@]45C[C@@H](O)CC[C@]5(C)C3CC[C@@]21C. The molecule has 1 spiro atoms. The monoisotopic (exact) mass is 304 g/mol. The van der Waals surface area contributed by atoms with E-state index in [1.165, 1.54) is 38.5 Å². The second-order valence-electron chi connectivity index (χ2n) is 9.95. The Kier molecular flexibility index (Phi) is 2.67. The molecule has 5 fully saturated rings. The topological polar surface area (TPSA) is 32.8 Å². The van der Waals surface area contributed by atoms with E-state index >= 15 is 0 Å². The summed E-state index contributed by atoms with van der Waals surface area (Å²) in [6, 6.07) is 0. The molecule has 0 aromatic carbocycles. The van der Waals surface area contributed by atoms with Gasteiger partial charge in [-0.3, -0.25) is 0 Å². The zero-order valence-corrected chi connectivity index (χ0v) is 14.5. The third-order valence-corrected chi connectivity index (χ3v) is 9.53. The molecule has 9 atom stereocenters. The lowest BCUT2D eigenvalue weighted by atomic mass is 9.44. The Morgan fingerprint density at radius 2 is 1.82 bits per heavy atom. The average Bonchev–Trinajstić information content (AvgIpc) is 3.08. The van der Waals surface area contributed by atoms with E-state index in [4.69, 9.17) is 4.74 Å². The van der Waals surface area contributed by atoms with E-state index in [0.717, 1.165) is 36.5 Å². The quantitative estimate of drug-likeness (QED) is 0.682. The van der Waals surface area contributed by atoms with Crippen molar-refractivity contribution >= 4 is 0 Å². The van der Waals surface area contributed by atoms with Crippen LogP contribution in [0.3, 0.4) is 0 Å². The highest BCUT2D eigenvalue weighted by Crippen LogP contribution is 2.73. The van der Waals surface area contributed by atoms with Gasteiger partial charge < -0.3 is 9.84 Å². The molecule has 3 unspecified atom stereocenters. The van der Waals surface area contributed by atoms with Crippen LogP contribution in [0, 0.1) is 34.5 Å². The molecule has 0 aromatic heterocycles. The van der Waals surface area contributed by atoms with E-state index in [9.17, 15) is 5.11 Å². The fourth-order valence-corrected chi connectivity index (χ4v) is 7.92. The fourth-order valence-electron chi connectivity index (χ4n) is 7.92. The van der Waals surface area contributed by atoms with Gasteiger partial charge in [-0.25, -0.2) is 0 Å². The first-order valence-corrected chi connectivity index (χ1v) is 9.77. The van der Waals surface area contributed by atoms with Crippen LogP contribution in [0.2, 0.25) is 0 Å². The maximum atomic E-state index is 10.2. The maximum absolute atomic E-state index is 10.2. The Hall–Kier alpha value is -0.0800. The maximum Gasteiger partial charge on any atom is 0.103 e. The minimum Gasteiger partial charge on any atom is -0.393 e. The highest BCUT2D eigenvalue weighted by Gasteiger charge is 2.75. The van der Waals surface area contributed by atoms with Crippen LogP contribution in [0.25, 0.3) is 0 Å². The fraction of sp³-hybridized carbons (Fsp3) is 1.00. The summed E-state index contributed by atoms with van der Waals surface area (Å²) in [5, 5.41) is 10.2. The Morgan fingerprint density at radius 1 is 1.00 bits per heavy atom. The minimum absolute atomic E-state index is 0.0593. The van der Waals surface area contributed by atoms with Crippen molar-refractivity contribution in [2.75, 3.05) is 0 Å². The molecule has 2 heteroatoms. The van der Waals surface area contributed by atoms with Crippen molar-refractivity contribution in [2.24, 2.45) is 34.5 Å². The third-order valence-electron chi connectivity index (χ3n) is 9.53. The lowest BCUT2D eigenvalue weighted by molar-refractivity contribution is -0.112. The number of aliphatic hydroxyl groups excluding tert-OH is 1. The summed E-state index contributed by atoms with van der Waals surface area (Å²) in [7, 11) is 0. The van der Waals surface area contributed by atoms with Gasteiger partial charge in [0.15, 0.2) is 0 Å². The number of rotatable bonds is 0. The first-order chi connectivity index (χ1) is 10.4. The van der Waals surface area contributed by atoms with Crippen molar-refractivity contribution in [1.29, 1.82) is 0 Å². The van der Waals surface area contributed by atoms with Crippen molar-refractivity contribution in [3.8, 4) is 0 Å². The molecule has 0 radical (unpaired) electrons. The molecule has 5 aliphatic rings. The Labute approximate surface area is 135 Å². The van der Waals surface area contributed by atoms with Crippen molar-refractivity contribution < 1.29 is 9.84 Å². The standard InChI is InChI=1S/C20H32O2/c1-12-4-5-15-14-10-17-20(22-17)11-13(21)6-9-19(20,3)16(14)7-8-18(12,15)2/h12-17,21H,4-11H2,1-3H3/t12-,13-,14?,15+,16?,17?,18+,19+,20-/m0/s1. The van der Waals surface area contributed by atoms with Gasteiger partial charge in [-0.15, -0.1) is 0 Å². The molecule has 1 heterocycles. The van der Waals surface area contributed by atoms with Gasteiger partial charge in [-0.05, 0) is 74.0 Å². The smallest absolute Gasteiger partial charge is 0.103 e. The Balaban J connectivity index is 1.51. The number of aliphatic hydroxyl groups is 1. The number of fused-ring (bicyclic) bond motifs is 4. The van der Waals surface area contributed by atoms with E-state index in [1.807, 2.05) is 0 Å². The summed E-state index contributed by atoms with van der Waals surface area (Å²) in [6.07, 6.45) is 10.5. The lowest BCUT2D eigenvalue weighted by Gasteiger charge is -2.59. The van der Waals surface area contributed by atoms with Crippen molar-refractivity contribution in [1.82, 2.24) is 0 Å². The number of ether oxygens (including phenoxy) is 1. The summed E-state index contributed by atoms with van der Waals surface area (Å²) in [5.74, 6) is 3.59. The molecule has 1 saturated heterocycles. The van der Waals surface area contributed by atoms with Crippen LogP contribution >= 0.6 is 0 Å². The first kappa shape index (κ1) is 14.3. The zero-order valence-electron chi connectivity index (χ0n) is 14.5. The highest BCUT2D eigenvalue weighted by molar-refractivity contribution is 5.24. The van der Waals surface area contributed by atoms with E-state index in [2.05, 4.69) is 20.8 Å². The predicted molar refractivity (Wildman–Crippen MR) is 86.4 cm³/mol. The van der Waals surface area contributed by atoms with Crippen LogP contribution in [0.1, 0.15) is 72.1 Å². The summed E-state index contributed by atoms with van der Waals surface area (Å²) >= 11 is 0. The van der Waals surface area contributed by atoms with Gasteiger partial charge >= 0.3 is 0 Å². The summed E-state index contributed by atoms with van der Waals surface area (Å²) in [4.78, 5) is 0. The summed E-state index contributed by atoms with van der Waals surface area (Å²) in [5.41, 5.74) is 0.997. The highest BCUT2D eigenvalue weighted by atomic mass is 16.6. The molecule has 0 aromatic rings. The molecule has 1 aliphatic heterocycles. The van der Waals surface area contributed by atoms with Crippen molar-refractivity contribution in [2.45, 2.75) is 89.9 Å². The van der Waals surface area contributed by atoms with Crippen LogP contribution in [0.5, 0.6) is 0 Å². The van der Waals surface area contributed by atoms with Crippen LogP contribution in [-0.4, -0.2) is 22.9 Å². The number of epoxide rings is 1.